The lowest BCUT2D eigenvalue weighted by atomic mass is 9.94. The van der Waals surface area contributed by atoms with Gasteiger partial charge in [0.2, 0.25) is 18.2 Å². The van der Waals surface area contributed by atoms with E-state index >= 15 is 0 Å². The van der Waals surface area contributed by atoms with E-state index < -0.39 is 54.8 Å². The largest absolute Gasteiger partial charge is 0.408 e. The predicted molar refractivity (Wildman–Crippen MR) is 94.4 cm³/mol. The van der Waals surface area contributed by atoms with Crippen LogP contribution < -0.4 is 10.6 Å². The van der Waals surface area contributed by atoms with E-state index in [0.717, 1.165) is 6.07 Å². The summed E-state index contributed by atoms with van der Waals surface area (Å²) in [6.07, 6.45) is -6.26. The Kier molecular flexibility index (Phi) is 6.83. The number of amides is 3. The van der Waals surface area contributed by atoms with Crippen LogP contribution in [0.1, 0.15) is 30.4 Å². The molecule has 0 aromatic heterocycles. The van der Waals surface area contributed by atoms with Crippen LogP contribution in [0.15, 0.2) is 12.1 Å². The Bertz CT molecular complexity index is 800. The molecule has 1 aromatic rings. The van der Waals surface area contributed by atoms with Crippen molar-refractivity contribution in [3.8, 4) is 0 Å². The minimum Gasteiger partial charge on any atom is -0.391 e. The highest BCUT2D eigenvalue weighted by Crippen LogP contribution is 2.36. The summed E-state index contributed by atoms with van der Waals surface area (Å²) in [5.74, 6) is -3.52. The van der Waals surface area contributed by atoms with E-state index in [9.17, 15) is 37.1 Å². The van der Waals surface area contributed by atoms with E-state index in [0.29, 0.717) is 16.9 Å². The topological polar surface area (TPSA) is 98.7 Å². The second kappa shape index (κ2) is 8.76. The van der Waals surface area contributed by atoms with Crippen molar-refractivity contribution in [3.63, 3.8) is 0 Å². The highest BCUT2D eigenvalue weighted by molar-refractivity contribution is 5.93. The van der Waals surface area contributed by atoms with Gasteiger partial charge >= 0.3 is 6.18 Å². The maximum absolute atomic E-state index is 14.4. The molecule has 3 unspecified atom stereocenters. The lowest BCUT2D eigenvalue weighted by molar-refractivity contribution is -0.183. The van der Waals surface area contributed by atoms with Crippen LogP contribution in [-0.4, -0.2) is 59.6 Å². The standard InChI is InChI=1S/C18H21F4N3O4/c1-9-3-14(24-16(28)6-23-8-26)13(19)5-12(9)10(2)17(29)25-7-11(27)4-15(25)18(20,21)22/h3,5,8,10-11,15,27H,4,6-7H2,1-2H3,(H,23,26)(H,24,28). The summed E-state index contributed by atoms with van der Waals surface area (Å²) in [6, 6.07) is 0.143. The van der Waals surface area contributed by atoms with Crippen molar-refractivity contribution in [1.82, 2.24) is 10.2 Å². The van der Waals surface area contributed by atoms with E-state index in [1.54, 1.807) is 0 Å². The van der Waals surface area contributed by atoms with Gasteiger partial charge in [-0.25, -0.2) is 4.39 Å². The molecule has 0 spiro atoms. The number of carbonyl (C=O) groups excluding carboxylic acids is 3. The number of likely N-dealkylation sites (tertiary alicyclic amines) is 1. The number of anilines is 1. The van der Waals surface area contributed by atoms with Crippen LogP contribution in [0.5, 0.6) is 0 Å². The Morgan fingerprint density at radius 2 is 2.03 bits per heavy atom. The first-order valence-corrected chi connectivity index (χ1v) is 8.77. The number of nitrogens with one attached hydrogen (secondary N) is 2. The predicted octanol–water partition coefficient (Wildman–Crippen LogP) is 1.45. The molecule has 1 aliphatic heterocycles. The molecule has 1 aliphatic rings. The second-order valence-electron chi connectivity index (χ2n) is 6.89. The number of aliphatic hydroxyl groups is 1. The molecule has 1 fully saturated rings. The van der Waals surface area contributed by atoms with Gasteiger partial charge in [0.15, 0.2) is 0 Å². The number of hydrogen-bond acceptors (Lipinski definition) is 4. The molecule has 2 rings (SSSR count). The Balaban J connectivity index is 2.23. The maximum atomic E-state index is 14.4. The Morgan fingerprint density at radius 1 is 1.38 bits per heavy atom. The van der Waals surface area contributed by atoms with Gasteiger partial charge in [-0.3, -0.25) is 14.4 Å². The highest BCUT2D eigenvalue weighted by atomic mass is 19.4. The molecule has 1 heterocycles. The molecular formula is C18H21F4N3O4. The number of nitrogens with zero attached hydrogens (tertiary/aromatic N) is 1. The molecule has 0 saturated carbocycles. The summed E-state index contributed by atoms with van der Waals surface area (Å²) < 4.78 is 53.9. The Labute approximate surface area is 164 Å². The molecule has 29 heavy (non-hydrogen) atoms. The van der Waals surface area contributed by atoms with Crippen LogP contribution >= 0.6 is 0 Å². The van der Waals surface area contributed by atoms with E-state index in [-0.39, 0.29) is 17.8 Å². The van der Waals surface area contributed by atoms with Gasteiger partial charge in [-0.1, -0.05) is 0 Å². The van der Waals surface area contributed by atoms with Crippen molar-refractivity contribution < 1.29 is 37.1 Å². The van der Waals surface area contributed by atoms with Gasteiger partial charge in [0.1, 0.15) is 11.9 Å². The van der Waals surface area contributed by atoms with Crippen molar-refractivity contribution in [3.05, 3.63) is 29.1 Å². The zero-order chi connectivity index (χ0) is 21.9. The van der Waals surface area contributed by atoms with Crippen LogP contribution in [0, 0.1) is 12.7 Å². The monoisotopic (exact) mass is 419 g/mol. The number of rotatable bonds is 6. The average molecular weight is 419 g/mol. The van der Waals surface area contributed by atoms with E-state index in [2.05, 4.69) is 10.6 Å². The molecule has 160 valence electrons. The summed E-state index contributed by atoms with van der Waals surface area (Å²) >= 11 is 0. The van der Waals surface area contributed by atoms with Crippen molar-refractivity contribution in [2.24, 2.45) is 0 Å². The van der Waals surface area contributed by atoms with Crippen molar-refractivity contribution in [1.29, 1.82) is 0 Å². The van der Waals surface area contributed by atoms with Crippen molar-refractivity contribution in [2.75, 3.05) is 18.4 Å². The lowest BCUT2D eigenvalue weighted by Crippen LogP contribution is -2.46. The molecule has 1 saturated heterocycles. The first-order valence-electron chi connectivity index (χ1n) is 8.77. The lowest BCUT2D eigenvalue weighted by Gasteiger charge is -2.29. The molecule has 3 atom stereocenters. The number of hydrogen-bond donors (Lipinski definition) is 3. The SMILES string of the molecule is Cc1cc(NC(=O)CNC=O)c(F)cc1C(C)C(=O)N1CC(O)CC1C(F)(F)F. The Morgan fingerprint density at radius 3 is 2.62 bits per heavy atom. The van der Waals surface area contributed by atoms with Crippen molar-refractivity contribution >= 4 is 23.9 Å². The third kappa shape index (κ3) is 5.22. The average Bonchev–Trinajstić information content (AvgIpc) is 3.03. The first kappa shape index (κ1) is 22.6. The minimum atomic E-state index is -4.68. The van der Waals surface area contributed by atoms with E-state index in [4.69, 9.17) is 0 Å². The molecule has 0 aliphatic carbocycles. The van der Waals surface area contributed by atoms with E-state index in [1.807, 2.05) is 0 Å². The number of halogens is 4. The molecule has 1 aromatic carbocycles. The fourth-order valence-corrected chi connectivity index (χ4v) is 3.34. The van der Waals surface area contributed by atoms with Crippen LogP contribution in [0.25, 0.3) is 0 Å². The van der Waals surface area contributed by atoms with Crippen LogP contribution in [0.4, 0.5) is 23.2 Å². The van der Waals surface area contributed by atoms with Gasteiger partial charge in [0.05, 0.1) is 24.3 Å². The van der Waals surface area contributed by atoms with Gasteiger partial charge < -0.3 is 20.6 Å². The van der Waals surface area contributed by atoms with Crippen LogP contribution in [-0.2, 0) is 14.4 Å². The van der Waals surface area contributed by atoms with E-state index in [1.165, 1.54) is 19.9 Å². The summed E-state index contributed by atoms with van der Waals surface area (Å²) in [7, 11) is 0. The highest BCUT2D eigenvalue weighted by Gasteiger charge is 2.51. The summed E-state index contributed by atoms with van der Waals surface area (Å²) in [5, 5.41) is 14.0. The zero-order valence-electron chi connectivity index (χ0n) is 15.7. The number of β-amino-alcohol motifs (C(OH)–C–C–N with tert-alkyl or cyclic N) is 1. The maximum Gasteiger partial charge on any atom is 0.408 e. The third-order valence-corrected chi connectivity index (χ3v) is 4.75. The zero-order valence-corrected chi connectivity index (χ0v) is 15.7. The number of benzene rings is 1. The Hall–Kier alpha value is -2.69. The quantitative estimate of drug-likeness (QED) is 0.480. The molecule has 3 N–H and O–H groups in total. The smallest absolute Gasteiger partial charge is 0.391 e. The summed E-state index contributed by atoms with van der Waals surface area (Å²) in [5.41, 5.74) is 0.362. The fraction of sp³-hybridized carbons (Fsp3) is 0.500. The van der Waals surface area contributed by atoms with Gasteiger partial charge in [-0.2, -0.15) is 13.2 Å². The number of aryl methyl sites for hydroxylation is 1. The number of carbonyl (C=O) groups is 3. The third-order valence-electron chi connectivity index (χ3n) is 4.75. The summed E-state index contributed by atoms with van der Waals surface area (Å²) in [4.78, 5) is 35.1. The van der Waals surface area contributed by atoms with Crippen LogP contribution in [0.2, 0.25) is 0 Å². The number of aliphatic hydroxyl groups excluding tert-OH is 1. The molecule has 11 heteroatoms. The summed E-state index contributed by atoms with van der Waals surface area (Å²) in [6.45, 7) is 2.06. The fourth-order valence-electron chi connectivity index (χ4n) is 3.34. The first-order chi connectivity index (χ1) is 13.5. The molecule has 7 nitrogen and oxygen atoms in total. The van der Waals surface area contributed by atoms with Crippen molar-refractivity contribution in [2.45, 2.75) is 44.5 Å². The normalized spacial score (nSPS) is 20.3. The molecule has 3 amide bonds. The number of alkyl halides is 3. The van der Waals surface area contributed by atoms with Crippen LogP contribution in [0.3, 0.4) is 0 Å². The van der Waals surface area contributed by atoms with Gasteiger partial charge in [0, 0.05) is 13.0 Å². The molecule has 0 radical (unpaired) electrons. The van der Waals surface area contributed by atoms with Gasteiger partial charge in [-0.05, 0) is 37.1 Å². The van der Waals surface area contributed by atoms with Gasteiger partial charge in [0.25, 0.3) is 0 Å². The minimum absolute atomic E-state index is 0.166. The molecule has 0 bridgehead atoms. The molecular weight excluding hydrogens is 398 g/mol. The van der Waals surface area contributed by atoms with Gasteiger partial charge in [-0.15, -0.1) is 0 Å². The second-order valence-corrected chi connectivity index (χ2v) is 6.89.